The van der Waals surface area contributed by atoms with Crippen LogP contribution in [-0.4, -0.2) is 43.7 Å². The minimum atomic E-state index is -1.05. The van der Waals surface area contributed by atoms with Gasteiger partial charge >= 0.3 is 0 Å². The Labute approximate surface area is 248 Å². The summed E-state index contributed by atoms with van der Waals surface area (Å²) < 4.78 is 25.6. The van der Waals surface area contributed by atoms with Gasteiger partial charge in [-0.25, -0.2) is 4.39 Å². The number of quaternary nitrogens is 1. The average molecular weight is 577 g/mol. The van der Waals surface area contributed by atoms with E-state index in [0.717, 1.165) is 25.9 Å². The van der Waals surface area contributed by atoms with E-state index in [0.29, 0.717) is 42.7 Å². The largest absolute Gasteiger partial charge is 0.450 e. The number of rotatable bonds is 8. The number of carbonyl (C=O) groups excluding carboxylic acids is 2. The van der Waals surface area contributed by atoms with Gasteiger partial charge in [-0.1, -0.05) is 43.5 Å². The van der Waals surface area contributed by atoms with Gasteiger partial charge in [0.1, 0.15) is 31.5 Å². The summed E-state index contributed by atoms with van der Waals surface area (Å²) in [6.45, 7) is 9.49. The summed E-state index contributed by atoms with van der Waals surface area (Å²) in [4.78, 5) is 31.1. The Bertz CT molecular complexity index is 1330. The maximum atomic E-state index is 14.3. The van der Waals surface area contributed by atoms with Gasteiger partial charge in [0, 0.05) is 11.2 Å². The van der Waals surface area contributed by atoms with Gasteiger partial charge in [-0.15, -0.1) is 0 Å². The molecule has 42 heavy (non-hydrogen) atoms. The smallest absolute Gasteiger partial charge is 0.294 e. The number of ether oxygens (including phenoxy) is 1. The number of hydrogen-bond acceptors (Lipinski definition) is 4. The molecule has 0 spiro atoms. The predicted octanol–water partition coefficient (Wildman–Crippen LogP) is 5.18. The summed E-state index contributed by atoms with van der Waals surface area (Å²) >= 11 is 0. The van der Waals surface area contributed by atoms with Gasteiger partial charge < -0.3 is 19.4 Å². The monoisotopic (exact) mass is 576 g/mol. The quantitative estimate of drug-likeness (QED) is 0.387. The Morgan fingerprint density at radius 1 is 0.952 bits per heavy atom. The van der Waals surface area contributed by atoms with Gasteiger partial charge in [-0.05, 0) is 87.1 Å². The lowest BCUT2D eigenvalue weighted by atomic mass is 9.84. The Hall–Kier alpha value is -3.49. The first-order valence-corrected chi connectivity index (χ1v) is 15.2. The number of amides is 2. The Balaban J connectivity index is 1.52. The highest BCUT2D eigenvalue weighted by Gasteiger charge is 2.36. The number of morpholine rings is 1. The molecular weight excluding hydrogens is 533 g/mol. The molecule has 2 N–H and O–H groups in total. The molecule has 8 heteroatoms. The van der Waals surface area contributed by atoms with E-state index in [4.69, 9.17) is 9.15 Å². The van der Waals surface area contributed by atoms with Crippen molar-refractivity contribution in [1.82, 2.24) is 5.32 Å². The van der Waals surface area contributed by atoms with Gasteiger partial charge in [-0.3, -0.25) is 14.5 Å². The Kier molecular flexibility index (Phi) is 9.43. The zero-order valence-corrected chi connectivity index (χ0v) is 25.0. The highest BCUT2D eigenvalue weighted by Crippen LogP contribution is 2.36. The Morgan fingerprint density at radius 2 is 1.62 bits per heavy atom. The van der Waals surface area contributed by atoms with Crippen LogP contribution in [0.15, 0.2) is 65.1 Å². The second-order valence-corrected chi connectivity index (χ2v) is 12.6. The van der Waals surface area contributed by atoms with Crippen LogP contribution in [0.1, 0.15) is 92.3 Å². The molecule has 0 radical (unpaired) electrons. The molecule has 2 heterocycles. The first-order chi connectivity index (χ1) is 20.2. The zero-order chi connectivity index (χ0) is 29.7. The highest BCUT2D eigenvalue weighted by atomic mass is 19.1. The average Bonchev–Trinajstić information content (AvgIpc) is 3.45. The SMILES string of the molecule is CC(C)(C)NC(=O)C(c1ccc(F)cc1)N(C(=O)c1ccc(C[NH+]2CCOCC2)o1)c1ccc(C2CCCCC2)cc1. The van der Waals surface area contributed by atoms with Crippen molar-refractivity contribution in [1.29, 1.82) is 0 Å². The lowest BCUT2D eigenvalue weighted by molar-refractivity contribution is -0.922. The Morgan fingerprint density at radius 3 is 2.26 bits per heavy atom. The van der Waals surface area contributed by atoms with Crippen LogP contribution in [0.3, 0.4) is 0 Å². The molecule has 2 aliphatic rings. The topological polar surface area (TPSA) is 76.2 Å². The van der Waals surface area contributed by atoms with E-state index in [1.165, 1.54) is 46.8 Å². The van der Waals surface area contributed by atoms with Crippen molar-refractivity contribution in [3.63, 3.8) is 0 Å². The molecule has 1 saturated heterocycles. The molecule has 1 aliphatic heterocycles. The van der Waals surface area contributed by atoms with E-state index < -0.39 is 23.3 Å². The van der Waals surface area contributed by atoms with E-state index >= 15 is 0 Å². The number of hydrogen-bond donors (Lipinski definition) is 2. The van der Waals surface area contributed by atoms with Crippen molar-refractivity contribution in [2.24, 2.45) is 0 Å². The van der Waals surface area contributed by atoms with Crippen LogP contribution >= 0.6 is 0 Å². The lowest BCUT2D eigenvalue weighted by Gasteiger charge is -2.33. The molecule has 2 aromatic carbocycles. The predicted molar refractivity (Wildman–Crippen MR) is 160 cm³/mol. The minimum absolute atomic E-state index is 0.157. The van der Waals surface area contributed by atoms with E-state index in [1.807, 2.05) is 39.0 Å². The van der Waals surface area contributed by atoms with E-state index in [9.17, 15) is 14.0 Å². The molecule has 1 saturated carbocycles. The van der Waals surface area contributed by atoms with Crippen molar-refractivity contribution in [3.05, 3.63) is 89.1 Å². The van der Waals surface area contributed by atoms with E-state index in [1.54, 1.807) is 18.2 Å². The molecule has 3 aromatic rings. The number of halogens is 1. The third kappa shape index (κ3) is 7.47. The molecular formula is C34H43FN3O4+. The van der Waals surface area contributed by atoms with Crippen LogP contribution in [0.5, 0.6) is 0 Å². The molecule has 224 valence electrons. The number of nitrogens with zero attached hydrogens (tertiary/aromatic N) is 1. The number of nitrogens with one attached hydrogen (secondary N) is 2. The molecule has 1 atom stereocenters. The molecule has 1 unspecified atom stereocenters. The summed E-state index contributed by atoms with van der Waals surface area (Å²) in [6.07, 6.45) is 6.05. The number of benzene rings is 2. The van der Waals surface area contributed by atoms with Crippen molar-refractivity contribution in [2.75, 3.05) is 31.2 Å². The first kappa shape index (κ1) is 30.0. The zero-order valence-electron chi connectivity index (χ0n) is 25.0. The summed E-state index contributed by atoms with van der Waals surface area (Å²) in [5, 5.41) is 3.04. The molecule has 7 nitrogen and oxygen atoms in total. The number of furan rings is 1. The standard InChI is InChI=1S/C34H42FN3O4/c1-34(2,3)36-32(39)31(26-9-13-27(35)14-10-26)38(28-15-11-25(12-16-28)24-7-5-4-6-8-24)33(40)30-18-17-29(42-30)23-37-19-21-41-22-20-37/h9-18,24,31H,4-8,19-23H2,1-3H3,(H,36,39)/p+1. The summed E-state index contributed by atoms with van der Waals surface area (Å²) in [5.74, 6) is 0.171. The van der Waals surface area contributed by atoms with Crippen molar-refractivity contribution in [2.45, 2.75) is 76.9 Å². The van der Waals surface area contributed by atoms with Crippen LogP contribution < -0.4 is 15.1 Å². The van der Waals surface area contributed by atoms with Crippen LogP contribution in [0.25, 0.3) is 0 Å². The fourth-order valence-electron chi connectivity index (χ4n) is 6.02. The van der Waals surface area contributed by atoms with Crippen molar-refractivity contribution < 1.29 is 28.0 Å². The molecule has 0 bridgehead atoms. The molecule has 1 aliphatic carbocycles. The first-order valence-electron chi connectivity index (χ1n) is 15.2. The third-order valence-electron chi connectivity index (χ3n) is 8.15. The van der Waals surface area contributed by atoms with Crippen LogP contribution in [-0.2, 0) is 16.1 Å². The lowest BCUT2D eigenvalue weighted by Crippen LogP contribution is -3.12. The van der Waals surface area contributed by atoms with Crippen LogP contribution in [0.2, 0.25) is 0 Å². The van der Waals surface area contributed by atoms with E-state index in [2.05, 4.69) is 17.4 Å². The number of carbonyl (C=O) groups is 2. The second kappa shape index (κ2) is 13.2. The summed E-state index contributed by atoms with van der Waals surface area (Å²) in [7, 11) is 0. The summed E-state index contributed by atoms with van der Waals surface area (Å²) in [6, 6.07) is 16.2. The molecule has 2 fully saturated rings. The fourth-order valence-corrected chi connectivity index (χ4v) is 6.02. The van der Waals surface area contributed by atoms with Crippen molar-refractivity contribution in [3.8, 4) is 0 Å². The molecule has 2 amide bonds. The van der Waals surface area contributed by atoms with Gasteiger partial charge in [0.15, 0.2) is 11.5 Å². The van der Waals surface area contributed by atoms with Gasteiger partial charge in [0.05, 0.1) is 13.2 Å². The van der Waals surface area contributed by atoms with Gasteiger partial charge in [-0.2, -0.15) is 0 Å². The maximum absolute atomic E-state index is 14.3. The fraction of sp³-hybridized carbons (Fsp3) is 0.471. The van der Waals surface area contributed by atoms with E-state index in [-0.39, 0.29) is 11.7 Å². The third-order valence-corrected chi connectivity index (χ3v) is 8.15. The number of anilines is 1. The van der Waals surface area contributed by atoms with Crippen molar-refractivity contribution >= 4 is 17.5 Å². The van der Waals surface area contributed by atoms with Crippen LogP contribution in [0, 0.1) is 5.82 Å². The second-order valence-electron chi connectivity index (χ2n) is 12.6. The molecule has 5 rings (SSSR count). The van der Waals surface area contributed by atoms with Gasteiger partial charge in [0.25, 0.3) is 5.91 Å². The van der Waals surface area contributed by atoms with Crippen LogP contribution in [0.4, 0.5) is 10.1 Å². The minimum Gasteiger partial charge on any atom is -0.450 e. The molecule has 1 aromatic heterocycles. The summed E-state index contributed by atoms with van der Waals surface area (Å²) in [5.41, 5.74) is 1.78. The maximum Gasteiger partial charge on any atom is 0.294 e. The van der Waals surface area contributed by atoms with Gasteiger partial charge in [0.2, 0.25) is 5.91 Å². The highest BCUT2D eigenvalue weighted by molar-refractivity contribution is 6.08. The normalized spacial score (nSPS) is 17.5.